The summed E-state index contributed by atoms with van der Waals surface area (Å²) in [5.74, 6) is -0.378. The number of nitro benzene ring substituents is 1. The molecule has 1 fully saturated rings. The van der Waals surface area contributed by atoms with Crippen LogP contribution in [0.2, 0.25) is 0 Å². The van der Waals surface area contributed by atoms with Crippen molar-refractivity contribution < 1.29 is 9.72 Å². The number of nitrogens with zero attached hydrogens (tertiary/aromatic N) is 3. The molecule has 158 valence electrons. The highest BCUT2D eigenvalue weighted by molar-refractivity contribution is 6.07. The highest BCUT2D eigenvalue weighted by Crippen LogP contribution is 2.31. The van der Waals surface area contributed by atoms with E-state index in [1.165, 1.54) is 6.07 Å². The van der Waals surface area contributed by atoms with Gasteiger partial charge in [-0.2, -0.15) is 0 Å². The first kappa shape index (κ1) is 20.6. The molecule has 1 N–H and O–H groups in total. The minimum Gasteiger partial charge on any atom is -0.363 e. The summed E-state index contributed by atoms with van der Waals surface area (Å²) in [6.07, 6.45) is 0. The molecule has 1 heterocycles. The molecule has 3 aromatic rings. The Kier molecular flexibility index (Phi) is 5.95. The maximum atomic E-state index is 12.9. The van der Waals surface area contributed by atoms with Crippen LogP contribution in [0.1, 0.15) is 10.4 Å². The number of nitro groups is 1. The predicted molar refractivity (Wildman–Crippen MR) is 123 cm³/mol. The molecule has 31 heavy (non-hydrogen) atoms. The van der Waals surface area contributed by atoms with Crippen molar-refractivity contribution in [3.63, 3.8) is 0 Å². The second-order valence-electron chi connectivity index (χ2n) is 7.62. The molecule has 7 nitrogen and oxygen atoms in total. The first-order chi connectivity index (χ1) is 15.0. The number of anilines is 2. The number of amides is 1. The van der Waals surface area contributed by atoms with E-state index < -0.39 is 4.92 Å². The number of para-hydroxylation sites is 1. The summed E-state index contributed by atoms with van der Waals surface area (Å²) in [5, 5.41) is 14.7. The summed E-state index contributed by atoms with van der Waals surface area (Å²) in [5.41, 5.74) is 3.29. The number of carbonyl (C=O) groups excluding carboxylic acids is 1. The van der Waals surface area contributed by atoms with Crippen LogP contribution in [0.15, 0.2) is 72.8 Å². The molecule has 0 atom stereocenters. The molecular formula is C24H24N4O3. The van der Waals surface area contributed by atoms with Crippen LogP contribution in [0.25, 0.3) is 11.1 Å². The second-order valence-corrected chi connectivity index (χ2v) is 7.62. The Morgan fingerprint density at radius 1 is 0.935 bits per heavy atom. The lowest BCUT2D eigenvalue weighted by Crippen LogP contribution is -2.44. The van der Waals surface area contributed by atoms with Crippen LogP contribution < -0.4 is 10.2 Å². The SMILES string of the molecule is CN1CCN(c2ccc(C(=O)Nc3ccccc3-c3ccccc3)cc2[N+](=O)[O-])CC1. The van der Waals surface area contributed by atoms with Crippen molar-refractivity contribution >= 4 is 23.0 Å². The largest absolute Gasteiger partial charge is 0.363 e. The number of nitrogens with one attached hydrogen (secondary N) is 1. The van der Waals surface area contributed by atoms with Gasteiger partial charge in [0.15, 0.2) is 0 Å². The molecule has 1 amide bonds. The number of carbonyl (C=O) groups is 1. The summed E-state index contributed by atoms with van der Waals surface area (Å²) in [7, 11) is 2.03. The topological polar surface area (TPSA) is 78.7 Å². The van der Waals surface area contributed by atoms with Crippen molar-refractivity contribution in [2.75, 3.05) is 43.4 Å². The van der Waals surface area contributed by atoms with Crippen LogP contribution in [0.4, 0.5) is 17.1 Å². The van der Waals surface area contributed by atoms with Gasteiger partial charge in [-0.1, -0.05) is 48.5 Å². The average molecular weight is 416 g/mol. The molecule has 0 bridgehead atoms. The predicted octanol–water partition coefficient (Wildman–Crippen LogP) is 4.27. The number of rotatable bonds is 5. The van der Waals surface area contributed by atoms with Crippen LogP contribution in [0.5, 0.6) is 0 Å². The Morgan fingerprint density at radius 3 is 2.32 bits per heavy atom. The van der Waals surface area contributed by atoms with Crippen molar-refractivity contribution in [2.24, 2.45) is 0 Å². The Hall–Kier alpha value is -3.71. The summed E-state index contributed by atoms with van der Waals surface area (Å²) in [4.78, 5) is 28.5. The Morgan fingerprint density at radius 2 is 1.61 bits per heavy atom. The van der Waals surface area contributed by atoms with Gasteiger partial charge < -0.3 is 15.1 Å². The molecule has 4 rings (SSSR count). The van der Waals surface area contributed by atoms with Gasteiger partial charge in [-0.3, -0.25) is 14.9 Å². The number of hydrogen-bond acceptors (Lipinski definition) is 5. The number of piperazine rings is 1. The lowest BCUT2D eigenvalue weighted by atomic mass is 10.0. The molecule has 1 aliphatic rings. The van der Waals surface area contributed by atoms with Crippen molar-refractivity contribution in [3.05, 3.63) is 88.5 Å². The summed E-state index contributed by atoms with van der Waals surface area (Å²) >= 11 is 0. The number of benzene rings is 3. The molecule has 0 radical (unpaired) electrons. The second kappa shape index (κ2) is 8.97. The van der Waals surface area contributed by atoms with Gasteiger partial charge in [-0.25, -0.2) is 0 Å². The number of hydrogen-bond donors (Lipinski definition) is 1. The quantitative estimate of drug-likeness (QED) is 0.496. The first-order valence-corrected chi connectivity index (χ1v) is 10.2. The van der Waals surface area contributed by atoms with Crippen molar-refractivity contribution in [3.8, 4) is 11.1 Å². The fourth-order valence-corrected chi connectivity index (χ4v) is 3.78. The molecule has 7 heteroatoms. The van der Waals surface area contributed by atoms with Crippen LogP contribution in [-0.4, -0.2) is 49.0 Å². The van der Waals surface area contributed by atoms with Gasteiger partial charge >= 0.3 is 0 Å². The third-order valence-corrected chi connectivity index (χ3v) is 5.54. The first-order valence-electron chi connectivity index (χ1n) is 10.2. The minimum absolute atomic E-state index is 0.0476. The van der Waals surface area contributed by atoms with Crippen LogP contribution >= 0.6 is 0 Å². The lowest BCUT2D eigenvalue weighted by molar-refractivity contribution is -0.384. The van der Waals surface area contributed by atoms with Gasteiger partial charge in [0, 0.05) is 49.1 Å². The summed E-state index contributed by atoms with van der Waals surface area (Å²) in [6, 6.07) is 22.0. The van der Waals surface area contributed by atoms with Crippen LogP contribution in [-0.2, 0) is 0 Å². The monoisotopic (exact) mass is 416 g/mol. The Balaban J connectivity index is 1.60. The zero-order valence-electron chi connectivity index (χ0n) is 17.3. The molecule has 0 unspecified atom stereocenters. The van der Waals surface area contributed by atoms with Gasteiger partial charge in [0.1, 0.15) is 5.69 Å². The normalized spacial score (nSPS) is 14.3. The molecule has 0 aromatic heterocycles. The maximum absolute atomic E-state index is 12.9. The van der Waals surface area contributed by atoms with Crippen molar-refractivity contribution in [1.29, 1.82) is 0 Å². The molecule has 3 aromatic carbocycles. The van der Waals surface area contributed by atoms with Gasteiger partial charge in [-0.15, -0.1) is 0 Å². The van der Waals surface area contributed by atoms with Gasteiger partial charge in [0.05, 0.1) is 4.92 Å². The fourth-order valence-electron chi connectivity index (χ4n) is 3.78. The minimum atomic E-state index is -0.414. The highest BCUT2D eigenvalue weighted by Gasteiger charge is 2.24. The molecule has 0 spiro atoms. The van der Waals surface area contributed by atoms with E-state index in [9.17, 15) is 14.9 Å². The van der Waals surface area contributed by atoms with Gasteiger partial charge in [0.2, 0.25) is 0 Å². The third-order valence-electron chi connectivity index (χ3n) is 5.54. The van der Waals surface area contributed by atoms with Gasteiger partial charge in [0.25, 0.3) is 11.6 Å². The van der Waals surface area contributed by atoms with E-state index in [0.717, 1.165) is 24.2 Å². The Labute approximate surface area is 181 Å². The zero-order chi connectivity index (χ0) is 21.8. The Bertz CT molecular complexity index is 1090. The van der Waals surface area contributed by atoms with E-state index in [1.54, 1.807) is 12.1 Å². The zero-order valence-corrected chi connectivity index (χ0v) is 17.3. The third kappa shape index (κ3) is 4.57. The van der Waals surface area contributed by atoms with E-state index in [1.807, 2.05) is 66.5 Å². The van der Waals surface area contributed by atoms with Gasteiger partial charge in [-0.05, 0) is 30.8 Å². The van der Waals surface area contributed by atoms with Crippen molar-refractivity contribution in [2.45, 2.75) is 0 Å². The number of likely N-dealkylation sites (N-methyl/N-ethyl adjacent to an activating group) is 1. The maximum Gasteiger partial charge on any atom is 0.293 e. The molecule has 0 aliphatic carbocycles. The standard InChI is InChI=1S/C24H24N4O3/c1-26-13-15-27(16-14-26)22-12-11-19(17-23(22)28(30)31)24(29)25-21-10-6-5-9-20(21)18-7-3-2-4-8-18/h2-12,17H,13-16H2,1H3,(H,25,29). The smallest absolute Gasteiger partial charge is 0.293 e. The highest BCUT2D eigenvalue weighted by atomic mass is 16.6. The van der Waals surface area contributed by atoms with E-state index in [0.29, 0.717) is 24.5 Å². The fraction of sp³-hybridized carbons (Fsp3) is 0.208. The average Bonchev–Trinajstić information content (AvgIpc) is 2.80. The summed E-state index contributed by atoms with van der Waals surface area (Å²) in [6.45, 7) is 3.12. The lowest BCUT2D eigenvalue weighted by Gasteiger charge is -2.33. The van der Waals surface area contributed by atoms with Crippen molar-refractivity contribution in [1.82, 2.24) is 4.90 Å². The molecule has 0 saturated carbocycles. The van der Waals surface area contributed by atoms with Crippen LogP contribution in [0, 0.1) is 10.1 Å². The summed E-state index contributed by atoms with van der Waals surface area (Å²) < 4.78 is 0. The van der Waals surface area contributed by atoms with E-state index in [-0.39, 0.29) is 17.2 Å². The molecule has 1 aliphatic heterocycles. The van der Waals surface area contributed by atoms with Crippen LogP contribution in [0.3, 0.4) is 0 Å². The van der Waals surface area contributed by atoms with E-state index >= 15 is 0 Å². The van der Waals surface area contributed by atoms with E-state index in [4.69, 9.17) is 0 Å². The molecule has 1 saturated heterocycles. The molecular weight excluding hydrogens is 392 g/mol. The van der Waals surface area contributed by atoms with E-state index in [2.05, 4.69) is 10.2 Å².